The quantitative estimate of drug-likeness (QED) is 0.616. The maximum absolute atomic E-state index is 13.3. The van der Waals surface area contributed by atoms with Gasteiger partial charge in [-0.1, -0.05) is 6.92 Å². The standard InChI is InChI=1S/C20H21FN4O2/c1-3-12-27-17-10-6-14(7-11-17)18-19(15-4-8-16(21)9-5-15)24-25-20(23-18)22-13(2)26/h4-11,13,26H,3,12H2,1-2H3,(H,22,23,25). The molecule has 3 rings (SSSR count). The number of nitrogens with zero attached hydrogens (tertiary/aromatic N) is 3. The molecule has 1 heterocycles. The van der Waals surface area contributed by atoms with E-state index in [0.29, 0.717) is 23.6 Å². The highest BCUT2D eigenvalue weighted by Crippen LogP contribution is 2.30. The van der Waals surface area contributed by atoms with Gasteiger partial charge in [-0.2, -0.15) is 0 Å². The fourth-order valence-corrected chi connectivity index (χ4v) is 2.51. The van der Waals surface area contributed by atoms with Crippen molar-refractivity contribution in [3.8, 4) is 28.3 Å². The summed E-state index contributed by atoms with van der Waals surface area (Å²) in [6.07, 6.45) is 0.113. The van der Waals surface area contributed by atoms with Gasteiger partial charge in [0.2, 0.25) is 5.95 Å². The lowest BCUT2D eigenvalue weighted by molar-refractivity contribution is 0.223. The minimum atomic E-state index is -0.818. The summed E-state index contributed by atoms with van der Waals surface area (Å²) in [4.78, 5) is 4.49. The molecule has 2 N–H and O–H groups in total. The Morgan fingerprint density at radius 2 is 1.63 bits per heavy atom. The van der Waals surface area contributed by atoms with E-state index in [9.17, 15) is 9.50 Å². The van der Waals surface area contributed by atoms with E-state index in [1.165, 1.54) is 12.1 Å². The molecule has 0 aliphatic rings. The molecule has 0 bridgehead atoms. The Kier molecular flexibility index (Phi) is 5.93. The summed E-state index contributed by atoms with van der Waals surface area (Å²) >= 11 is 0. The molecule has 7 heteroatoms. The van der Waals surface area contributed by atoms with Crippen molar-refractivity contribution >= 4 is 5.95 Å². The predicted molar refractivity (Wildman–Crippen MR) is 102 cm³/mol. The zero-order valence-electron chi connectivity index (χ0n) is 15.2. The van der Waals surface area contributed by atoms with Gasteiger partial charge in [-0.05, 0) is 61.9 Å². The van der Waals surface area contributed by atoms with Crippen molar-refractivity contribution in [1.82, 2.24) is 15.2 Å². The molecule has 0 amide bonds. The first-order chi connectivity index (χ1) is 13.1. The predicted octanol–water partition coefficient (Wildman–Crippen LogP) is 3.88. The van der Waals surface area contributed by atoms with Gasteiger partial charge >= 0.3 is 0 Å². The van der Waals surface area contributed by atoms with Gasteiger partial charge in [0.25, 0.3) is 0 Å². The molecule has 1 unspecified atom stereocenters. The van der Waals surface area contributed by atoms with Crippen LogP contribution in [0.25, 0.3) is 22.5 Å². The van der Waals surface area contributed by atoms with Gasteiger partial charge in [0.05, 0.1) is 6.61 Å². The molecular weight excluding hydrogens is 347 g/mol. The molecule has 1 atom stereocenters. The number of rotatable bonds is 7. The van der Waals surface area contributed by atoms with Gasteiger partial charge in [0.15, 0.2) is 0 Å². The van der Waals surface area contributed by atoms with Crippen LogP contribution >= 0.6 is 0 Å². The largest absolute Gasteiger partial charge is 0.494 e. The number of ether oxygens (including phenoxy) is 1. The number of hydrogen-bond acceptors (Lipinski definition) is 6. The first-order valence-electron chi connectivity index (χ1n) is 8.75. The topological polar surface area (TPSA) is 80.2 Å². The highest BCUT2D eigenvalue weighted by atomic mass is 19.1. The van der Waals surface area contributed by atoms with Crippen molar-refractivity contribution < 1.29 is 14.2 Å². The Morgan fingerprint density at radius 1 is 1.00 bits per heavy atom. The Labute approximate surface area is 157 Å². The van der Waals surface area contributed by atoms with Crippen molar-refractivity contribution in [2.24, 2.45) is 0 Å². The molecule has 140 valence electrons. The lowest BCUT2D eigenvalue weighted by Crippen LogP contribution is -2.16. The second-order valence-corrected chi connectivity index (χ2v) is 6.03. The van der Waals surface area contributed by atoms with Crippen LogP contribution < -0.4 is 10.1 Å². The molecule has 0 radical (unpaired) electrons. The maximum atomic E-state index is 13.3. The molecule has 27 heavy (non-hydrogen) atoms. The van der Waals surface area contributed by atoms with E-state index in [1.54, 1.807) is 19.1 Å². The summed E-state index contributed by atoms with van der Waals surface area (Å²) < 4.78 is 18.9. The fraction of sp³-hybridized carbons (Fsp3) is 0.250. The molecule has 3 aromatic rings. The van der Waals surface area contributed by atoms with Crippen LogP contribution in [0.1, 0.15) is 20.3 Å². The molecule has 0 saturated heterocycles. The van der Waals surface area contributed by atoms with Crippen LogP contribution in [0.2, 0.25) is 0 Å². The molecule has 0 aliphatic heterocycles. The van der Waals surface area contributed by atoms with Crippen LogP contribution in [0.3, 0.4) is 0 Å². The van der Waals surface area contributed by atoms with Crippen molar-refractivity contribution in [1.29, 1.82) is 0 Å². The lowest BCUT2D eigenvalue weighted by Gasteiger charge is -2.12. The van der Waals surface area contributed by atoms with Crippen LogP contribution in [-0.4, -0.2) is 33.1 Å². The number of aliphatic hydroxyl groups excluding tert-OH is 1. The Balaban J connectivity index is 2.02. The Bertz CT molecular complexity index is 883. The molecule has 6 nitrogen and oxygen atoms in total. The number of benzene rings is 2. The van der Waals surface area contributed by atoms with Crippen molar-refractivity contribution in [2.75, 3.05) is 11.9 Å². The van der Waals surface area contributed by atoms with E-state index in [-0.39, 0.29) is 11.8 Å². The van der Waals surface area contributed by atoms with Gasteiger partial charge < -0.3 is 15.2 Å². The lowest BCUT2D eigenvalue weighted by atomic mass is 10.0. The van der Waals surface area contributed by atoms with Crippen molar-refractivity contribution in [3.05, 3.63) is 54.3 Å². The summed E-state index contributed by atoms with van der Waals surface area (Å²) in [7, 11) is 0. The van der Waals surface area contributed by atoms with E-state index in [4.69, 9.17) is 4.74 Å². The monoisotopic (exact) mass is 368 g/mol. The zero-order valence-corrected chi connectivity index (χ0v) is 15.2. The van der Waals surface area contributed by atoms with Gasteiger partial charge in [0, 0.05) is 11.1 Å². The van der Waals surface area contributed by atoms with E-state index >= 15 is 0 Å². The van der Waals surface area contributed by atoms with Crippen LogP contribution in [0.4, 0.5) is 10.3 Å². The van der Waals surface area contributed by atoms with Gasteiger partial charge in [-0.15, -0.1) is 10.2 Å². The van der Waals surface area contributed by atoms with Crippen molar-refractivity contribution in [2.45, 2.75) is 26.5 Å². The molecule has 0 fully saturated rings. The van der Waals surface area contributed by atoms with Crippen LogP contribution in [-0.2, 0) is 0 Å². The molecule has 0 saturated carbocycles. The van der Waals surface area contributed by atoms with E-state index in [0.717, 1.165) is 17.7 Å². The second-order valence-electron chi connectivity index (χ2n) is 6.03. The molecule has 0 spiro atoms. The highest BCUT2D eigenvalue weighted by Gasteiger charge is 2.14. The summed E-state index contributed by atoms with van der Waals surface area (Å²) in [5, 5.41) is 20.5. The highest BCUT2D eigenvalue weighted by molar-refractivity contribution is 5.78. The number of hydrogen-bond donors (Lipinski definition) is 2. The molecule has 2 aromatic carbocycles. The van der Waals surface area contributed by atoms with Gasteiger partial charge in [0.1, 0.15) is 29.2 Å². The van der Waals surface area contributed by atoms with Crippen LogP contribution in [0, 0.1) is 5.82 Å². The summed E-state index contributed by atoms with van der Waals surface area (Å²) in [5.41, 5.74) is 2.60. The number of aromatic nitrogens is 3. The summed E-state index contributed by atoms with van der Waals surface area (Å²) in [5.74, 6) is 0.650. The molecular formula is C20H21FN4O2. The Hall–Kier alpha value is -3.06. The third-order valence-electron chi connectivity index (χ3n) is 3.74. The van der Waals surface area contributed by atoms with Crippen molar-refractivity contribution in [3.63, 3.8) is 0 Å². The van der Waals surface area contributed by atoms with Gasteiger partial charge in [-0.25, -0.2) is 9.37 Å². The third-order valence-corrected chi connectivity index (χ3v) is 3.74. The number of nitrogens with one attached hydrogen (secondary N) is 1. The SMILES string of the molecule is CCCOc1ccc(-c2nc(NC(C)O)nnc2-c2ccc(F)cc2)cc1. The Morgan fingerprint density at radius 3 is 2.26 bits per heavy atom. The summed E-state index contributed by atoms with van der Waals surface area (Å²) in [6.45, 7) is 4.26. The first-order valence-corrected chi connectivity index (χ1v) is 8.75. The molecule has 0 aliphatic carbocycles. The second kappa shape index (κ2) is 8.55. The minimum Gasteiger partial charge on any atom is -0.494 e. The normalized spacial score (nSPS) is 11.9. The number of halogens is 1. The van der Waals surface area contributed by atoms with E-state index < -0.39 is 6.23 Å². The van der Waals surface area contributed by atoms with Crippen LogP contribution in [0.15, 0.2) is 48.5 Å². The fourth-order valence-electron chi connectivity index (χ4n) is 2.51. The smallest absolute Gasteiger partial charge is 0.245 e. The average molecular weight is 368 g/mol. The maximum Gasteiger partial charge on any atom is 0.245 e. The number of anilines is 1. The van der Waals surface area contributed by atoms with E-state index in [1.807, 2.05) is 31.2 Å². The minimum absolute atomic E-state index is 0.206. The number of aliphatic hydroxyl groups is 1. The first kappa shape index (κ1) is 18.7. The zero-order chi connectivity index (χ0) is 19.2. The van der Waals surface area contributed by atoms with Crippen LogP contribution in [0.5, 0.6) is 5.75 Å². The third kappa shape index (κ3) is 4.77. The average Bonchev–Trinajstić information content (AvgIpc) is 2.67. The molecule has 1 aromatic heterocycles. The summed E-state index contributed by atoms with van der Waals surface area (Å²) in [6, 6.07) is 13.5. The van der Waals surface area contributed by atoms with Gasteiger partial charge in [-0.3, -0.25) is 0 Å². The van der Waals surface area contributed by atoms with E-state index in [2.05, 4.69) is 20.5 Å².